The minimum absolute atomic E-state index is 0.421. The van der Waals surface area contributed by atoms with Crippen LogP contribution in [0.3, 0.4) is 0 Å². The van der Waals surface area contributed by atoms with Crippen LogP contribution >= 0.6 is 11.8 Å². The Labute approximate surface area is 132 Å². The SMILES string of the molecule is COc1ccc(OC)c(CNCC2(SC)CCCCC2)c1. The average Bonchev–Trinajstić information content (AvgIpc) is 2.55. The summed E-state index contributed by atoms with van der Waals surface area (Å²) in [4.78, 5) is 0. The van der Waals surface area contributed by atoms with Gasteiger partial charge in [-0.05, 0) is 37.3 Å². The maximum atomic E-state index is 5.44. The fourth-order valence-electron chi connectivity index (χ4n) is 3.09. The van der Waals surface area contributed by atoms with Gasteiger partial charge in [-0.3, -0.25) is 0 Å². The summed E-state index contributed by atoms with van der Waals surface area (Å²) in [5.74, 6) is 1.80. The van der Waals surface area contributed by atoms with E-state index in [0.717, 1.165) is 30.2 Å². The molecule has 2 rings (SSSR count). The molecular formula is C17H27NO2S. The van der Waals surface area contributed by atoms with Crippen molar-refractivity contribution in [2.45, 2.75) is 43.4 Å². The lowest BCUT2D eigenvalue weighted by atomic mass is 9.88. The van der Waals surface area contributed by atoms with Crippen molar-refractivity contribution in [1.29, 1.82) is 0 Å². The predicted octanol–water partition coefficient (Wildman–Crippen LogP) is 3.86. The maximum Gasteiger partial charge on any atom is 0.123 e. The molecule has 0 aliphatic heterocycles. The number of rotatable bonds is 7. The summed E-state index contributed by atoms with van der Waals surface area (Å²) in [6.07, 6.45) is 9.04. The maximum absolute atomic E-state index is 5.44. The van der Waals surface area contributed by atoms with E-state index in [4.69, 9.17) is 9.47 Å². The molecule has 1 saturated carbocycles. The van der Waals surface area contributed by atoms with Crippen LogP contribution in [0.2, 0.25) is 0 Å². The van der Waals surface area contributed by atoms with E-state index in [1.54, 1.807) is 14.2 Å². The van der Waals surface area contributed by atoms with E-state index in [9.17, 15) is 0 Å². The van der Waals surface area contributed by atoms with Crippen molar-refractivity contribution in [3.8, 4) is 11.5 Å². The van der Waals surface area contributed by atoms with Crippen LogP contribution in [0.1, 0.15) is 37.7 Å². The Morgan fingerprint density at radius 3 is 2.52 bits per heavy atom. The molecule has 0 amide bonds. The van der Waals surface area contributed by atoms with E-state index in [1.165, 1.54) is 32.1 Å². The summed E-state index contributed by atoms with van der Waals surface area (Å²) in [7, 11) is 3.42. The molecule has 0 bridgehead atoms. The Morgan fingerprint density at radius 2 is 1.90 bits per heavy atom. The zero-order valence-corrected chi connectivity index (χ0v) is 14.2. The summed E-state index contributed by atoms with van der Waals surface area (Å²) in [6.45, 7) is 1.89. The molecule has 1 aliphatic rings. The molecule has 0 spiro atoms. The number of hydrogen-bond acceptors (Lipinski definition) is 4. The Morgan fingerprint density at radius 1 is 1.14 bits per heavy atom. The molecule has 1 fully saturated rings. The van der Waals surface area contributed by atoms with Crippen LogP contribution in [0.25, 0.3) is 0 Å². The minimum atomic E-state index is 0.421. The third-order valence-electron chi connectivity index (χ3n) is 4.45. The molecule has 118 valence electrons. The van der Waals surface area contributed by atoms with E-state index in [2.05, 4.69) is 17.6 Å². The van der Waals surface area contributed by atoms with Crippen molar-refractivity contribution < 1.29 is 9.47 Å². The van der Waals surface area contributed by atoms with Gasteiger partial charge in [-0.2, -0.15) is 11.8 Å². The third kappa shape index (κ3) is 4.30. The lowest BCUT2D eigenvalue weighted by Gasteiger charge is -2.36. The molecule has 0 aromatic heterocycles. The molecule has 0 saturated heterocycles. The second-order valence-corrected chi connectivity index (χ2v) is 7.00. The van der Waals surface area contributed by atoms with Crippen LogP contribution in [0.15, 0.2) is 18.2 Å². The number of benzene rings is 1. The molecule has 0 unspecified atom stereocenters. The molecule has 0 radical (unpaired) electrons. The smallest absolute Gasteiger partial charge is 0.123 e. The number of ether oxygens (including phenoxy) is 2. The number of methoxy groups -OCH3 is 2. The predicted molar refractivity (Wildman–Crippen MR) is 90.6 cm³/mol. The topological polar surface area (TPSA) is 30.5 Å². The standard InChI is InChI=1S/C17H27NO2S/c1-19-15-7-8-16(20-2)14(11-15)12-18-13-17(21-3)9-5-4-6-10-17/h7-8,11,18H,4-6,9-10,12-13H2,1-3H3. The van der Waals surface area contributed by atoms with Gasteiger partial charge in [0.2, 0.25) is 0 Å². The van der Waals surface area contributed by atoms with Crippen LogP contribution < -0.4 is 14.8 Å². The highest BCUT2D eigenvalue weighted by atomic mass is 32.2. The summed E-state index contributed by atoms with van der Waals surface area (Å²) < 4.78 is 11.2. The summed E-state index contributed by atoms with van der Waals surface area (Å²) in [5, 5.41) is 3.63. The Bertz CT molecular complexity index is 444. The first kappa shape index (κ1) is 16.5. The van der Waals surface area contributed by atoms with E-state index in [0.29, 0.717) is 4.75 Å². The average molecular weight is 309 g/mol. The van der Waals surface area contributed by atoms with Gasteiger partial charge in [0, 0.05) is 23.4 Å². The molecule has 1 N–H and O–H groups in total. The molecular weight excluding hydrogens is 282 g/mol. The molecule has 3 nitrogen and oxygen atoms in total. The van der Waals surface area contributed by atoms with Gasteiger partial charge in [0.1, 0.15) is 11.5 Å². The highest BCUT2D eigenvalue weighted by Crippen LogP contribution is 2.38. The number of hydrogen-bond donors (Lipinski definition) is 1. The zero-order chi connectivity index (χ0) is 15.1. The van der Waals surface area contributed by atoms with E-state index in [1.807, 2.05) is 23.9 Å². The Hall–Kier alpha value is -0.870. The highest BCUT2D eigenvalue weighted by molar-refractivity contribution is 8.00. The first-order valence-electron chi connectivity index (χ1n) is 7.70. The molecule has 21 heavy (non-hydrogen) atoms. The third-order valence-corrected chi connectivity index (χ3v) is 5.87. The largest absolute Gasteiger partial charge is 0.497 e. The van der Waals surface area contributed by atoms with Gasteiger partial charge in [0.05, 0.1) is 14.2 Å². The molecule has 1 aromatic rings. The monoisotopic (exact) mass is 309 g/mol. The van der Waals surface area contributed by atoms with Gasteiger partial charge >= 0.3 is 0 Å². The Kier molecular flexibility index (Phi) is 6.24. The van der Waals surface area contributed by atoms with E-state index >= 15 is 0 Å². The van der Waals surface area contributed by atoms with Crippen molar-refractivity contribution in [3.63, 3.8) is 0 Å². The van der Waals surface area contributed by atoms with Crippen LogP contribution in [-0.2, 0) is 6.54 Å². The van der Waals surface area contributed by atoms with Gasteiger partial charge in [-0.1, -0.05) is 19.3 Å². The molecule has 0 atom stereocenters. The molecule has 1 aliphatic carbocycles. The lowest BCUT2D eigenvalue weighted by Crippen LogP contribution is -2.39. The van der Waals surface area contributed by atoms with Crippen molar-refractivity contribution >= 4 is 11.8 Å². The molecule has 0 heterocycles. The zero-order valence-electron chi connectivity index (χ0n) is 13.4. The van der Waals surface area contributed by atoms with Crippen LogP contribution in [0.5, 0.6) is 11.5 Å². The lowest BCUT2D eigenvalue weighted by molar-refractivity contribution is 0.374. The van der Waals surface area contributed by atoms with E-state index < -0.39 is 0 Å². The Balaban J connectivity index is 1.95. The van der Waals surface area contributed by atoms with Gasteiger partial charge in [-0.25, -0.2) is 0 Å². The van der Waals surface area contributed by atoms with Crippen molar-refractivity contribution in [2.75, 3.05) is 27.0 Å². The second kappa shape index (κ2) is 7.95. The normalized spacial score (nSPS) is 17.5. The van der Waals surface area contributed by atoms with E-state index in [-0.39, 0.29) is 0 Å². The fraction of sp³-hybridized carbons (Fsp3) is 0.647. The van der Waals surface area contributed by atoms with Gasteiger partial charge in [-0.15, -0.1) is 0 Å². The fourth-order valence-corrected chi connectivity index (χ4v) is 4.04. The van der Waals surface area contributed by atoms with Crippen LogP contribution in [0, 0.1) is 0 Å². The van der Waals surface area contributed by atoms with Crippen LogP contribution in [0.4, 0.5) is 0 Å². The quantitative estimate of drug-likeness (QED) is 0.828. The van der Waals surface area contributed by atoms with Crippen molar-refractivity contribution in [2.24, 2.45) is 0 Å². The molecule has 1 aromatic carbocycles. The second-order valence-electron chi connectivity index (χ2n) is 5.73. The first-order chi connectivity index (χ1) is 10.2. The number of thioether (sulfide) groups is 1. The van der Waals surface area contributed by atoms with Gasteiger partial charge in [0.25, 0.3) is 0 Å². The van der Waals surface area contributed by atoms with Gasteiger partial charge < -0.3 is 14.8 Å². The minimum Gasteiger partial charge on any atom is -0.497 e. The highest BCUT2D eigenvalue weighted by Gasteiger charge is 2.30. The molecule has 4 heteroatoms. The number of nitrogens with one attached hydrogen (secondary N) is 1. The van der Waals surface area contributed by atoms with Gasteiger partial charge in [0.15, 0.2) is 0 Å². The summed E-state index contributed by atoms with van der Waals surface area (Å²) in [5.41, 5.74) is 1.16. The first-order valence-corrected chi connectivity index (χ1v) is 8.92. The summed E-state index contributed by atoms with van der Waals surface area (Å²) in [6, 6.07) is 5.96. The summed E-state index contributed by atoms with van der Waals surface area (Å²) >= 11 is 2.03. The van der Waals surface area contributed by atoms with Crippen molar-refractivity contribution in [1.82, 2.24) is 5.32 Å². The van der Waals surface area contributed by atoms with Crippen molar-refractivity contribution in [3.05, 3.63) is 23.8 Å². The van der Waals surface area contributed by atoms with Crippen LogP contribution in [-0.4, -0.2) is 31.8 Å².